The SMILES string of the molecule is C=C(CCC1CN(C(=O)c2ccc(N)c(C)n2)C1)CC1[N-]C(Nc2cc(C)cc(C)c2)=NC=C1CC. The Kier molecular flexibility index (Phi) is 7.77. The van der Waals surface area contributed by atoms with Crippen molar-refractivity contribution in [3.63, 3.8) is 0 Å². The van der Waals surface area contributed by atoms with Crippen LogP contribution in [0.4, 0.5) is 11.4 Å². The maximum Gasteiger partial charge on any atom is 0.272 e. The number of aryl methyl sites for hydroxylation is 3. The maximum absolute atomic E-state index is 12.7. The molecule has 7 nitrogen and oxygen atoms in total. The van der Waals surface area contributed by atoms with E-state index in [4.69, 9.17) is 11.1 Å². The van der Waals surface area contributed by atoms with E-state index in [0.717, 1.165) is 44.5 Å². The second-order valence-electron chi connectivity index (χ2n) is 10.1. The fraction of sp³-hybridized carbons (Fsp3) is 0.414. The molecule has 190 valence electrons. The second kappa shape index (κ2) is 11.0. The topological polar surface area (TPSA) is 97.7 Å². The molecule has 0 bridgehead atoms. The van der Waals surface area contributed by atoms with Gasteiger partial charge in [0, 0.05) is 25.1 Å². The van der Waals surface area contributed by atoms with Crippen LogP contribution in [0, 0.1) is 26.7 Å². The molecule has 1 saturated heterocycles. The van der Waals surface area contributed by atoms with Crippen molar-refractivity contribution in [1.82, 2.24) is 9.88 Å². The first-order valence-corrected chi connectivity index (χ1v) is 12.7. The first-order valence-electron chi connectivity index (χ1n) is 12.7. The zero-order valence-corrected chi connectivity index (χ0v) is 21.8. The zero-order chi connectivity index (χ0) is 25.8. The van der Waals surface area contributed by atoms with Gasteiger partial charge in [0.2, 0.25) is 0 Å². The lowest BCUT2D eigenvalue weighted by atomic mass is 9.89. The molecule has 4 rings (SSSR count). The molecule has 7 heteroatoms. The van der Waals surface area contributed by atoms with E-state index in [1.807, 2.05) is 18.0 Å². The van der Waals surface area contributed by atoms with Crippen LogP contribution in [0.15, 0.2) is 59.2 Å². The van der Waals surface area contributed by atoms with E-state index in [1.54, 1.807) is 12.1 Å². The predicted octanol–water partition coefficient (Wildman–Crippen LogP) is 5.91. The van der Waals surface area contributed by atoms with Gasteiger partial charge in [0.05, 0.1) is 11.4 Å². The van der Waals surface area contributed by atoms with Gasteiger partial charge in [-0.05, 0) is 76.4 Å². The summed E-state index contributed by atoms with van der Waals surface area (Å²) in [5, 5.41) is 8.29. The number of nitrogens with one attached hydrogen (secondary N) is 1. The molecular formula is C29H37N6O-. The van der Waals surface area contributed by atoms with Crippen molar-refractivity contribution in [3.8, 4) is 0 Å². The fourth-order valence-electron chi connectivity index (χ4n) is 4.79. The number of pyridine rings is 1. The van der Waals surface area contributed by atoms with Crippen molar-refractivity contribution in [2.45, 2.75) is 59.4 Å². The first-order chi connectivity index (χ1) is 17.2. The summed E-state index contributed by atoms with van der Waals surface area (Å²) in [6, 6.07) is 9.88. The van der Waals surface area contributed by atoms with E-state index in [9.17, 15) is 4.79 Å². The summed E-state index contributed by atoms with van der Waals surface area (Å²) in [5.41, 5.74) is 13.4. The Labute approximate surface area is 214 Å². The molecule has 1 amide bonds. The highest BCUT2D eigenvalue weighted by atomic mass is 16.2. The largest absolute Gasteiger partial charge is 0.412 e. The number of amides is 1. The standard InChI is InChI=1S/C29H38N6O/c1-6-23-15-31-29(33-24-12-19(3)11-20(4)13-24)34-27(23)14-18(2)7-8-22-16-35(17-22)28(36)26-10-9-25(30)21(5)32-26/h9-13,15,22,27H,2,6-8,14,16-17H2,1,3-5H3,(H4,30,31,33,34,36)/p-1. The Morgan fingerprint density at radius 2 is 1.92 bits per heavy atom. The number of carbonyl (C=O) groups is 1. The lowest BCUT2D eigenvalue weighted by Crippen LogP contribution is -2.50. The zero-order valence-electron chi connectivity index (χ0n) is 21.8. The fourth-order valence-corrected chi connectivity index (χ4v) is 4.79. The number of aliphatic imine (C=N–C) groups is 1. The van der Waals surface area contributed by atoms with E-state index in [0.29, 0.717) is 29.0 Å². The van der Waals surface area contributed by atoms with Gasteiger partial charge in [-0.15, -0.1) is 0 Å². The van der Waals surface area contributed by atoms with Gasteiger partial charge in [0.15, 0.2) is 0 Å². The van der Waals surface area contributed by atoms with Gasteiger partial charge in [0.1, 0.15) is 5.69 Å². The van der Waals surface area contributed by atoms with E-state index >= 15 is 0 Å². The third-order valence-corrected chi connectivity index (χ3v) is 6.92. The third-order valence-electron chi connectivity index (χ3n) is 6.92. The number of hydrogen-bond donors (Lipinski definition) is 2. The molecule has 0 spiro atoms. The summed E-state index contributed by atoms with van der Waals surface area (Å²) < 4.78 is 0. The minimum atomic E-state index is -0.0185. The van der Waals surface area contributed by atoms with Crippen LogP contribution in [0.3, 0.4) is 0 Å². The Morgan fingerprint density at radius 1 is 1.19 bits per heavy atom. The smallest absolute Gasteiger partial charge is 0.272 e. The number of benzene rings is 1. The highest BCUT2D eigenvalue weighted by Gasteiger charge is 2.31. The van der Waals surface area contributed by atoms with Crippen LogP contribution in [-0.4, -0.2) is 40.9 Å². The van der Waals surface area contributed by atoms with Crippen LogP contribution in [0.2, 0.25) is 0 Å². The number of carbonyl (C=O) groups excluding carboxylic acids is 1. The molecule has 1 aromatic carbocycles. The normalized spacial score (nSPS) is 17.6. The van der Waals surface area contributed by atoms with Gasteiger partial charge in [-0.25, -0.2) is 4.98 Å². The molecule has 3 N–H and O–H groups in total. The molecule has 3 heterocycles. The molecule has 0 saturated carbocycles. The predicted molar refractivity (Wildman–Crippen MR) is 148 cm³/mol. The Bertz CT molecular complexity index is 1190. The molecule has 36 heavy (non-hydrogen) atoms. The molecule has 0 aliphatic carbocycles. The molecule has 1 fully saturated rings. The highest BCUT2D eigenvalue weighted by molar-refractivity contribution is 6.05. The summed E-state index contributed by atoms with van der Waals surface area (Å²) in [6.07, 6.45) is 5.65. The van der Waals surface area contributed by atoms with Crippen LogP contribution < -0.4 is 11.1 Å². The average molecular weight is 486 g/mol. The Balaban J connectivity index is 1.24. The number of nitrogens with two attached hydrogens (primary N) is 1. The molecular weight excluding hydrogens is 448 g/mol. The quantitative estimate of drug-likeness (QED) is 0.455. The monoisotopic (exact) mass is 485 g/mol. The summed E-state index contributed by atoms with van der Waals surface area (Å²) in [6.45, 7) is 14.0. The number of aromatic nitrogens is 1. The number of guanidine groups is 1. The van der Waals surface area contributed by atoms with E-state index in [1.165, 1.54) is 22.3 Å². The minimum absolute atomic E-state index is 0.0185. The lowest BCUT2D eigenvalue weighted by molar-refractivity contribution is 0.0480. The minimum Gasteiger partial charge on any atom is -0.412 e. The van der Waals surface area contributed by atoms with Gasteiger partial charge < -0.3 is 26.3 Å². The second-order valence-corrected chi connectivity index (χ2v) is 10.1. The Hall–Kier alpha value is -3.61. The van der Waals surface area contributed by atoms with E-state index in [-0.39, 0.29) is 11.9 Å². The average Bonchev–Trinajstić information content (AvgIpc) is 2.79. The van der Waals surface area contributed by atoms with Crippen LogP contribution in [0.1, 0.15) is 59.9 Å². The number of anilines is 2. The van der Waals surface area contributed by atoms with Crippen LogP contribution in [0.25, 0.3) is 5.32 Å². The molecule has 1 atom stereocenters. The van der Waals surface area contributed by atoms with Crippen molar-refractivity contribution in [2.75, 3.05) is 24.1 Å². The van der Waals surface area contributed by atoms with Gasteiger partial charge in [-0.1, -0.05) is 54.0 Å². The Morgan fingerprint density at radius 3 is 2.58 bits per heavy atom. The molecule has 2 aliphatic rings. The van der Waals surface area contributed by atoms with Crippen LogP contribution >= 0.6 is 0 Å². The number of nitrogen functional groups attached to an aromatic ring is 1. The molecule has 2 aliphatic heterocycles. The summed E-state index contributed by atoms with van der Waals surface area (Å²) >= 11 is 0. The van der Waals surface area contributed by atoms with Gasteiger partial charge in [-0.2, -0.15) is 0 Å². The molecule has 0 radical (unpaired) electrons. The first kappa shape index (κ1) is 25.5. The number of rotatable bonds is 8. The van der Waals surface area contributed by atoms with Gasteiger partial charge in [-0.3, -0.25) is 4.79 Å². The summed E-state index contributed by atoms with van der Waals surface area (Å²) in [4.78, 5) is 23.4. The molecule has 1 aromatic heterocycles. The molecule has 2 aromatic rings. The third kappa shape index (κ3) is 6.14. The van der Waals surface area contributed by atoms with Crippen molar-refractivity contribution in [1.29, 1.82) is 0 Å². The number of likely N-dealkylation sites (tertiary alicyclic amines) is 1. The van der Waals surface area contributed by atoms with E-state index < -0.39 is 0 Å². The van der Waals surface area contributed by atoms with Crippen molar-refractivity contribution in [3.05, 3.63) is 82.1 Å². The number of nitrogens with zero attached hydrogens (tertiary/aromatic N) is 4. The van der Waals surface area contributed by atoms with Crippen molar-refractivity contribution >= 4 is 23.2 Å². The van der Waals surface area contributed by atoms with Crippen molar-refractivity contribution in [2.24, 2.45) is 10.9 Å². The van der Waals surface area contributed by atoms with Gasteiger partial charge >= 0.3 is 0 Å². The van der Waals surface area contributed by atoms with E-state index in [2.05, 4.69) is 60.8 Å². The van der Waals surface area contributed by atoms with Crippen LogP contribution in [-0.2, 0) is 0 Å². The molecule has 1 unspecified atom stereocenters. The highest BCUT2D eigenvalue weighted by Crippen LogP contribution is 2.30. The van der Waals surface area contributed by atoms with Gasteiger partial charge in [0.25, 0.3) is 5.91 Å². The van der Waals surface area contributed by atoms with Crippen LogP contribution in [0.5, 0.6) is 0 Å². The summed E-state index contributed by atoms with van der Waals surface area (Å²) in [7, 11) is 0. The number of hydrogen-bond acceptors (Lipinski definition) is 5. The maximum atomic E-state index is 12.7. The summed E-state index contributed by atoms with van der Waals surface area (Å²) in [5.74, 6) is 1.12. The van der Waals surface area contributed by atoms with Crippen molar-refractivity contribution < 1.29 is 4.79 Å². The lowest BCUT2D eigenvalue weighted by Gasteiger charge is -2.39.